The molecular formula is C15H20N4S. The molecule has 1 N–H and O–H groups in total. The summed E-state index contributed by atoms with van der Waals surface area (Å²) in [5.74, 6) is 1.51. The summed E-state index contributed by atoms with van der Waals surface area (Å²) in [6, 6.07) is 5.15. The van der Waals surface area contributed by atoms with Gasteiger partial charge in [-0.25, -0.2) is 9.97 Å². The third-order valence-corrected chi connectivity index (χ3v) is 5.31. The Labute approximate surface area is 124 Å². The molecule has 3 rings (SSSR count). The minimum Gasteiger partial charge on any atom is -0.296 e. The van der Waals surface area contributed by atoms with E-state index in [2.05, 4.69) is 21.4 Å². The van der Waals surface area contributed by atoms with E-state index < -0.39 is 0 Å². The van der Waals surface area contributed by atoms with Crippen LogP contribution in [-0.2, 0) is 0 Å². The number of rotatable bonds is 6. The highest BCUT2D eigenvalue weighted by Gasteiger charge is 2.45. The van der Waals surface area contributed by atoms with Gasteiger partial charge in [0, 0.05) is 12.2 Å². The van der Waals surface area contributed by atoms with Gasteiger partial charge >= 0.3 is 0 Å². The zero-order chi connectivity index (χ0) is 13.8. The molecule has 5 heteroatoms. The maximum atomic E-state index is 9.64. The first-order valence-corrected chi connectivity index (χ1v) is 8.39. The molecule has 0 aliphatic heterocycles. The first-order valence-electron chi connectivity index (χ1n) is 7.40. The molecule has 106 valence electrons. The van der Waals surface area contributed by atoms with Crippen molar-refractivity contribution in [2.24, 2.45) is 5.92 Å². The summed E-state index contributed by atoms with van der Waals surface area (Å²) in [4.78, 5) is 8.16. The zero-order valence-electron chi connectivity index (χ0n) is 11.6. The Kier molecular flexibility index (Phi) is 4.23. The van der Waals surface area contributed by atoms with Gasteiger partial charge in [-0.2, -0.15) is 5.26 Å². The van der Waals surface area contributed by atoms with E-state index in [9.17, 15) is 5.26 Å². The van der Waals surface area contributed by atoms with Gasteiger partial charge in [0.2, 0.25) is 0 Å². The predicted octanol–water partition coefficient (Wildman–Crippen LogP) is 2.77. The first kappa shape index (κ1) is 13.8. The highest BCUT2D eigenvalue weighted by Crippen LogP contribution is 2.40. The maximum Gasteiger partial charge on any atom is 0.116 e. The molecule has 0 aromatic carbocycles. The normalized spacial score (nSPS) is 29.2. The summed E-state index contributed by atoms with van der Waals surface area (Å²) in [6.45, 7) is 0. The van der Waals surface area contributed by atoms with E-state index in [1.54, 1.807) is 24.3 Å². The van der Waals surface area contributed by atoms with Crippen LogP contribution in [0.2, 0.25) is 0 Å². The van der Waals surface area contributed by atoms with Crippen LogP contribution in [0.1, 0.15) is 38.5 Å². The number of nitrogens with one attached hydrogen (secondary N) is 1. The molecule has 2 atom stereocenters. The lowest BCUT2D eigenvalue weighted by molar-refractivity contribution is 0.308. The largest absolute Gasteiger partial charge is 0.296 e. The molecule has 2 aliphatic rings. The van der Waals surface area contributed by atoms with Crippen molar-refractivity contribution < 1.29 is 0 Å². The molecule has 0 radical (unpaired) electrons. The van der Waals surface area contributed by atoms with Gasteiger partial charge in [0.25, 0.3) is 0 Å². The van der Waals surface area contributed by atoms with Crippen molar-refractivity contribution in [1.29, 1.82) is 5.26 Å². The zero-order valence-corrected chi connectivity index (χ0v) is 12.4. The van der Waals surface area contributed by atoms with Crippen LogP contribution >= 0.6 is 11.8 Å². The third kappa shape index (κ3) is 3.13. The Morgan fingerprint density at radius 1 is 1.45 bits per heavy atom. The van der Waals surface area contributed by atoms with E-state index in [0.717, 1.165) is 23.6 Å². The Morgan fingerprint density at radius 2 is 2.35 bits per heavy atom. The molecule has 1 heterocycles. The molecule has 0 saturated heterocycles. The molecule has 0 spiro atoms. The molecule has 2 fully saturated rings. The second kappa shape index (κ2) is 6.11. The van der Waals surface area contributed by atoms with Crippen molar-refractivity contribution in [2.45, 2.75) is 55.1 Å². The third-order valence-electron chi connectivity index (χ3n) is 4.33. The summed E-state index contributed by atoms with van der Waals surface area (Å²) >= 11 is 1.76. The molecular weight excluding hydrogens is 268 g/mol. The minimum atomic E-state index is -0.257. The van der Waals surface area contributed by atoms with Crippen molar-refractivity contribution in [3.05, 3.63) is 18.6 Å². The Balaban J connectivity index is 1.54. The Morgan fingerprint density at radius 3 is 3.05 bits per heavy atom. The monoisotopic (exact) mass is 288 g/mol. The summed E-state index contributed by atoms with van der Waals surface area (Å²) < 4.78 is 0. The number of hydrogen-bond donors (Lipinski definition) is 1. The van der Waals surface area contributed by atoms with E-state index >= 15 is 0 Å². The van der Waals surface area contributed by atoms with Gasteiger partial charge in [-0.3, -0.25) is 5.32 Å². The molecule has 0 amide bonds. The van der Waals surface area contributed by atoms with Gasteiger partial charge in [0.15, 0.2) is 0 Å². The Bertz CT molecular complexity index is 482. The fraction of sp³-hybridized carbons (Fsp3) is 0.667. The topological polar surface area (TPSA) is 61.6 Å². The Hall–Kier alpha value is -1.12. The highest BCUT2D eigenvalue weighted by molar-refractivity contribution is 7.99. The van der Waals surface area contributed by atoms with Crippen LogP contribution < -0.4 is 5.32 Å². The van der Waals surface area contributed by atoms with Gasteiger partial charge in [0.05, 0.1) is 11.1 Å². The molecule has 20 heavy (non-hydrogen) atoms. The van der Waals surface area contributed by atoms with Crippen molar-refractivity contribution in [2.75, 3.05) is 5.75 Å². The van der Waals surface area contributed by atoms with E-state index in [1.165, 1.54) is 25.7 Å². The summed E-state index contributed by atoms with van der Waals surface area (Å²) in [6.07, 6.45) is 10.3. The van der Waals surface area contributed by atoms with Crippen LogP contribution in [0.4, 0.5) is 0 Å². The van der Waals surface area contributed by atoms with Crippen LogP contribution in [0.5, 0.6) is 0 Å². The first-order chi connectivity index (χ1) is 9.82. The lowest BCUT2D eigenvalue weighted by atomic mass is 9.86. The number of hydrogen-bond acceptors (Lipinski definition) is 5. The number of thioether (sulfide) groups is 1. The lowest BCUT2D eigenvalue weighted by Crippen LogP contribution is -2.48. The molecule has 4 nitrogen and oxygen atoms in total. The average molecular weight is 288 g/mol. The molecule has 0 bridgehead atoms. The quantitative estimate of drug-likeness (QED) is 0.644. The van der Waals surface area contributed by atoms with Gasteiger partial charge in [-0.15, -0.1) is 11.8 Å². The van der Waals surface area contributed by atoms with Crippen molar-refractivity contribution in [3.8, 4) is 6.07 Å². The van der Waals surface area contributed by atoms with Gasteiger partial charge in [-0.1, -0.05) is 6.42 Å². The highest BCUT2D eigenvalue weighted by atomic mass is 32.2. The fourth-order valence-corrected chi connectivity index (χ4v) is 3.99. The fourth-order valence-electron chi connectivity index (χ4n) is 3.10. The number of nitriles is 1. The van der Waals surface area contributed by atoms with Gasteiger partial charge in [-0.05, 0) is 49.8 Å². The van der Waals surface area contributed by atoms with Crippen molar-refractivity contribution in [1.82, 2.24) is 15.3 Å². The second-order valence-corrected chi connectivity index (χ2v) is 6.89. The number of aromatic nitrogens is 2. The average Bonchev–Trinajstić information content (AvgIpc) is 3.21. The molecule has 2 unspecified atom stereocenters. The van der Waals surface area contributed by atoms with Crippen LogP contribution in [0.15, 0.2) is 23.6 Å². The van der Waals surface area contributed by atoms with Gasteiger partial charge in [0.1, 0.15) is 11.9 Å². The molecule has 2 saturated carbocycles. The number of nitrogens with zero attached hydrogens (tertiary/aromatic N) is 3. The maximum absolute atomic E-state index is 9.64. The summed E-state index contributed by atoms with van der Waals surface area (Å²) in [5.41, 5.74) is -0.257. The van der Waals surface area contributed by atoms with Crippen molar-refractivity contribution >= 4 is 11.8 Å². The standard InChI is InChI=1S/C15H20N4S/c16-10-15(19-13-3-4-13)7-1-2-12(15)6-9-20-14-5-8-17-11-18-14/h5,8,11-13,19H,1-4,6-7,9H2. The molecule has 2 aliphatic carbocycles. The van der Waals surface area contributed by atoms with E-state index in [-0.39, 0.29) is 5.54 Å². The minimum absolute atomic E-state index is 0.257. The molecule has 1 aromatic rings. The SMILES string of the molecule is N#CC1(NC2CC2)CCCC1CCSc1ccncn1. The molecule has 1 aromatic heterocycles. The van der Waals surface area contributed by atoms with E-state index in [0.29, 0.717) is 12.0 Å². The van der Waals surface area contributed by atoms with Gasteiger partial charge < -0.3 is 0 Å². The summed E-state index contributed by atoms with van der Waals surface area (Å²) in [7, 11) is 0. The van der Waals surface area contributed by atoms with Crippen LogP contribution in [0, 0.1) is 17.2 Å². The second-order valence-electron chi connectivity index (χ2n) is 5.78. The van der Waals surface area contributed by atoms with E-state index in [4.69, 9.17) is 0 Å². The van der Waals surface area contributed by atoms with Crippen LogP contribution in [0.25, 0.3) is 0 Å². The van der Waals surface area contributed by atoms with Crippen LogP contribution in [0.3, 0.4) is 0 Å². The lowest BCUT2D eigenvalue weighted by Gasteiger charge is -2.30. The van der Waals surface area contributed by atoms with Crippen LogP contribution in [-0.4, -0.2) is 27.3 Å². The summed E-state index contributed by atoms with van der Waals surface area (Å²) in [5, 5.41) is 14.3. The predicted molar refractivity (Wildman–Crippen MR) is 79.2 cm³/mol. The van der Waals surface area contributed by atoms with Crippen molar-refractivity contribution in [3.63, 3.8) is 0 Å². The smallest absolute Gasteiger partial charge is 0.116 e. The van der Waals surface area contributed by atoms with E-state index in [1.807, 2.05) is 6.07 Å².